The van der Waals surface area contributed by atoms with E-state index < -0.39 is 27.3 Å². The topological polar surface area (TPSA) is 71.5 Å². The Balaban J connectivity index is 2.39. The Morgan fingerprint density at radius 1 is 1.25 bits per heavy atom. The molecule has 0 radical (unpaired) electrons. The van der Waals surface area contributed by atoms with Crippen molar-refractivity contribution in [1.82, 2.24) is 0 Å². The molecule has 0 fully saturated rings. The lowest BCUT2D eigenvalue weighted by Crippen LogP contribution is -2.34. The van der Waals surface area contributed by atoms with E-state index in [0.717, 1.165) is 11.0 Å². The number of anilines is 1. The van der Waals surface area contributed by atoms with Crippen LogP contribution in [0, 0.1) is 12.7 Å². The molecule has 0 spiro atoms. The van der Waals surface area contributed by atoms with Crippen molar-refractivity contribution < 1.29 is 22.4 Å². The molecule has 2 rings (SSSR count). The van der Waals surface area contributed by atoms with E-state index in [0.29, 0.717) is 11.3 Å². The number of aryl methyl sites for hydroxylation is 1. The average molecular weight is 299 g/mol. The minimum Gasteiger partial charge on any atom is -0.303 e. The number of halogens is 1. The first-order chi connectivity index (χ1) is 9.26. The molecule has 108 valence electrons. The van der Waals surface area contributed by atoms with Crippen LogP contribution in [0.4, 0.5) is 10.1 Å². The van der Waals surface area contributed by atoms with E-state index >= 15 is 0 Å². The second kappa shape index (κ2) is 4.97. The Labute approximate surface area is 116 Å². The number of fused-ring (bicyclic) bond motifs is 1. The summed E-state index contributed by atoms with van der Waals surface area (Å²) in [5.41, 5.74) is 0.752. The fourth-order valence-electron chi connectivity index (χ4n) is 2.19. The molecule has 1 aliphatic rings. The van der Waals surface area contributed by atoms with Gasteiger partial charge in [0.15, 0.2) is 9.84 Å². The van der Waals surface area contributed by atoms with E-state index in [1.54, 1.807) is 6.92 Å². The van der Waals surface area contributed by atoms with Crippen molar-refractivity contribution in [2.24, 2.45) is 0 Å². The zero-order chi connectivity index (χ0) is 15.1. The number of hydrogen-bond donors (Lipinski definition) is 0. The van der Waals surface area contributed by atoms with Crippen LogP contribution < -0.4 is 4.90 Å². The van der Waals surface area contributed by atoms with Gasteiger partial charge >= 0.3 is 0 Å². The maximum Gasteiger partial charge on any atom is 0.299 e. The molecule has 0 saturated heterocycles. The number of benzene rings is 1. The molecule has 20 heavy (non-hydrogen) atoms. The quantitative estimate of drug-likeness (QED) is 0.781. The third-order valence-electron chi connectivity index (χ3n) is 3.28. The van der Waals surface area contributed by atoms with Gasteiger partial charge in [-0.2, -0.15) is 0 Å². The van der Waals surface area contributed by atoms with Gasteiger partial charge < -0.3 is 4.90 Å². The van der Waals surface area contributed by atoms with E-state index in [1.165, 1.54) is 13.0 Å². The lowest BCUT2D eigenvalue weighted by molar-refractivity contribution is -0.114. The van der Waals surface area contributed by atoms with Crippen LogP contribution in [0.5, 0.6) is 0 Å². The third kappa shape index (κ3) is 2.45. The lowest BCUT2D eigenvalue weighted by atomic mass is 10.1. The number of nitrogens with zero attached hydrogens (tertiary/aromatic N) is 1. The van der Waals surface area contributed by atoms with Crippen LogP contribution in [0.25, 0.3) is 0 Å². The highest BCUT2D eigenvalue weighted by Gasteiger charge is 2.37. The molecule has 7 heteroatoms. The predicted octanol–water partition coefficient (Wildman–Crippen LogP) is 1.10. The van der Waals surface area contributed by atoms with Crippen LogP contribution in [0.2, 0.25) is 0 Å². The van der Waals surface area contributed by atoms with Crippen LogP contribution in [0.15, 0.2) is 12.1 Å². The zero-order valence-corrected chi connectivity index (χ0v) is 12.0. The first kappa shape index (κ1) is 14.6. The summed E-state index contributed by atoms with van der Waals surface area (Å²) in [6.45, 7) is 3.00. The lowest BCUT2D eigenvalue weighted by Gasteiger charge is -2.18. The van der Waals surface area contributed by atoms with Crippen molar-refractivity contribution in [3.63, 3.8) is 0 Å². The first-order valence-electron chi connectivity index (χ1n) is 6.13. The summed E-state index contributed by atoms with van der Waals surface area (Å²) in [5.74, 6) is -2.45. The van der Waals surface area contributed by atoms with Crippen molar-refractivity contribution in [2.75, 3.05) is 23.0 Å². The van der Waals surface area contributed by atoms with Gasteiger partial charge in [0.25, 0.3) is 11.7 Å². The summed E-state index contributed by atoms with van der Waals surface area (Å²) in [7, 11) is -3.25. The minimum absolute atomic E-state index is 0.00129. The van der Waals surface area contributed by atoms with E-state index in [9.17, 15) is 22.4 Å². The van der Waals surface area contributed by atoms with Crippen LogP contribution in [-0.2, 0) is 14.6 Å². The third-order valence-corrected chi connectivity index (χ3v) is 4.97. The number of carbonyl (C=O) groups is 2. The predicted molar refractivity (Wildman–Crippen MR) is 72.1 cm³/mol. The summed E-state index contributed by atoms with van der Waals surface area (Å²) in [5, 5.41) is 0. The maximum absolute atomic E-state index is 13.3. The highest BCUT2D eigenvalue weighted by Crippen LogP contribution is 2.33. The standard InChI is InChI=1S/C13H14FNO4S/c1-3-20(18,19)5-4-15-11-8(2)6-9(14)7-10(11)12(16)13(15)17/h6-7H,3-5H2,1-2H3. The fourth-order valence-corrected chi connectivity index (χ4v) is 2.94. The molecule has 0 aromatic heterocycles. The molecular formula is C13H14FNO4S. The molecule has 5 nitrogen and oxygen atoms in total. The van der Waals surface area contributed by atoms with E-state index in [1.807, 2.05) is 0 Å². The van der Waals surface area contributed by atoms with Crippen molar-refractivity contribution >= 4 is 27.2 Å². The zero-order valence-electron chi connectivity index (χ0n) is 11.1. The monoisotopic (exact) mass is 299 g/mol. The van der Waals surface area contributed by atoms with Crippen molar-refractivity contribution in [2.45, 2.75) is 13.8 Å². The second-order valence-corrected chi connectivity index (χ2v) is 7.11. The summed E-state index contributed by atoms with van der Waals surface area (Å²) in [6.07, 6.45) is 0. The molecule has 0 unspecified atom stereocenters. The van der Waals surface area contributed by atoms with Crippen LogP contribution >= 0.6 is 0 Å². The minimum atomic E-state index is -3.25. The number of carbonyl (C=O) groups excluding carboxylic acids is 2. The van der Waals surface area contributed by atoms with Crippen LogP contribution in [-0.4, -0.2) is 38.2 Å². The van der Waals surface area contributed by atoms with E-state index in [-0.39, 0.29) is 23.6 Å². The first-order valence-corrected chi connectivity index (χ1v) is 7.95. The number of rotatable bonds is 4. The molecule has 0 aliphatic carbocycles. The number of Topliss-reactive ketones (excluding diaryl/α,β-unsaturated/α-hetero) is 1. The van der Waals surface area contributed by atoms with Gasteiger partial charge in [-0.05, 0) is 24.6 Å². The van der Waals surface area contributed by atoms with Crippen molar-refractivity contribution in [3.05, 3.63) is 29.1 Å². The number of sulfone groups is 1. The molecule has 1 heterocycles. The van der Waals surface area contributed by atoms with Gasteiger partial charge in [-0.25, -0.2) is 12.8 Å². The molecule has 1 aromatic rings. The van der Waals surface area contributed by atoms with Gasteiger partial charge in [-0.15, -0.1) is 0 Å². The van der Waals surface area contributed by atoms with Crippen molar-refractivity contribution in [1.29, 1.82) is 0 Å². The summed E-state index contributed by atoms with van der Waals surface area (Å²) in [4.78, 5) is 24.8. The number of amides is 1. The number of ketones is 1. The summed E-state index contributed by atoms with van der Waals surface area (Å²) in [6, 6.07) is 2.23. The Kier molecular flexibility index (Phi) is 3.64. The molecule has 0 atom stereocenters. The van der Waals surface area contributed by atoms with Gasteiger partial charge in [-0.1, -0.05) is 6.92 Å². The number of hydrogen-bond acceptors (Lipinski definition) is 4. The second-order valence-electron chi connectivity index (χ2n) is 4.64. The summed E-state index contributed by atoms with van der Waals surface area (Å²) < 4.78 is 36.3. The summed E-state index contributed by atoms with van der Waals surface area (Å²) >= 11 is 0. The molecule has 1 amide bonds. The van der Waals surface area contributed by atoms with Gasteiger partial charge in [0, 0.05) is 12.3 Å². The fraction of sp³-hybridized carbons (Fsp3) is 0.385. The molecule has 0 bridgehead atoms. The molecule has 1 aliphatic heterocycles. The van der Waals surface area contributed by atoms with Gasteiger partial charge in [0.2, 0.25) is 0 Å². The SMILES string of the molecule is CCS(=O)(=O)CCN1C(=O)C(=O)c2cc(F)cc(C)c21. The maximum atomic E-state index is 13.3. The van der Waals surface area contributed by atoms with Crippen molar-refractivity contribution in [3.8, 4) is 0 Å². The van der Waals surface area contributed by atoms with Gasteiger partial charge in [0.1, 0.15) is 5.82 Å². The van der Waals surface area contributed by atoms with E-state index in [4.69, 9.17) is 0 Å². The van der Waals surface area contributed by atoms with Gasteiger partial charge in [-0.3, -0.25) is 9.59 Å². The van der Waals surface area contributed by atoms with Crippen LogP contribution in [0.1, 0.15) is 22.8 Å². The largest absolute Gasteiger partial charge is 0.303 e. The molecule has 0 saturated carbocycles. The molecule has 0 N–H and O–H groups in total. The molecular weight excluding hydrogens is 285 g/mol. The normalized spacial score (nSPS) is 14.8. The highest BCUT2D eigenvalue weighted by molar-refractivity contribution is 7.91. The Bertz CT molecular complexity index is 697. The van der Waals surface area contributed by atoms with Crippen LogP contribution in [0.3, 0.4) is 0 Å². The Morgan fingerprint density at radius 3 is 2.50 bits per heavy atom. The van der Waals surface area contributed by atoms with Gasteiger partial charge in [0.05, 0.1) is 17.0 Å². The molecule has 1 aromatic carbocycles. The Morgan fingerprint density at radius 2 is 1.90 bits per heavy atom. The smallest absolute Gasteiger partial charge is 0.299 e. The highest BCUT2D eigenvalue weighted by atomic mass is 32.2. The Hall–Kier alpha value is -1.76. The average Bonchev–Trinajstić information content (AvgIpc) is 2.61. The van der Waals surface area contributed by atoms with E-state index in [2.05, 4.69) is 0 Å².